The molecule has 9 heteroatoms. The second-order valence-corrected chi connectivity index (χ2v) is 8.65. The van der Waals surface area contributed by atoms with Gasteiger partial charge in [0.2, 0.25) is 5.75 Å². The maximum Gasteiger partial charge on any atom is 0.253 e. The number of hydrogen-bond acceptors (Lipinski definition) is 5. The topological polar surface area (TPSA) is 84.6 Å². The molecule has 0 saturated heterocycles. The number of fused-ring (bicyclic) bond motifs is 1. The van der Waals surface area contributed by atoms with Gasteiger partial charge in [-0.25, -0.2) is 4.39 Å². The first-order valence-corrected chi connectivity index (χ1v) is 11.6. The molecule has 1 aromatic heterocycles. The molecule has 3 N–H and O–H groups in total. The molecule has 0 fully saturated rings. The van der Waals surface area contributed by atoms with E-state index in [1.54, 1.807) is 12.1 Å². The van der Waals surface area contributed by atoms with E-state index in [0.717, 1.165) is 20.9 Å². The van der Waals surface area contributed by atoms with E-state index in [4.69, 9.17) is 14.2 Å². The Balaban J connectivity index is 1.51. The molecule has 0 aliphatic rings. The second kappa shape index (κ2) is 10.7. The molecule has 0 spiro atoms. The summed E-state index contributed by atoms with van der Waals surface area (Å²) in [6, 6.07) is 13.4. The van der Waals surface area contributed by atoms with Crippen molar-refractivity contribution in [3.63, 3.8) is 0 Å². The first-order chi connectivity index (χ1) is 16.9. The standard InChI is InChI=1S/C26H25BrFN3O4/c1-33-23-12-18(13-24(34-2)25(23)35-3)31-22-11-17(28)5-7-20(22)26(32)29-9-8-15-14-30-21-10-16(27)4-6-19(15)21/h4-7,10-14,30-31H,8-9H2,1-3H3,(H,29,32). The van der Waals surface area contributed by atoms with Crippen molar-refractivity contribution in [2.75, 3.05) is 33.2 Å². The molecule has 0 aliphatic heterocycles. The van der Waals surface area contributed by atoms with E-state index in [9.17, 15) is 9.18 Å². The summed E-state index contributed by atoms with van der Waals surface area (Å²) in [5.41, 5.74) is 3.29. The maximum absolute atomic E-state index is 14.1. The normalized spacial score (nSPS) is 10.8. The van der Waals surface area contributed by atoms with Crippen molar-refractivity contribution < 1.29 is 23.4 Å². The Hall–Kier alpha value is -3.72. The lowest BCUT2D eigenvalue weighted by atomic mass is 10.1. The van der Waals surface area contributed by atoms with Crippen molar-refractivity contribution in [2.24, 2.45) is 0 Å². The lowest BCUT2D eigenvalue weighted by molar-refractivity contribution is 0.0955. The van der Waals surface area contributed by atoms with Gasteiger partial charge in [0.15, 0.2) is 11.5 Å². The highest BCUT2D eigenvalue weighted by Crippen LogP contribution is 2.41. The number of carbonyl (C=O) groups is 1. The van der Waals surface area contributed by atoms with Crippen molar-refractivity contribution in [1.82, 2.24) is 10.3 Å². The Kier molecular flexibility index (Phi) is 7.45. The molecule has 4 rings (SSSR count). The number of carbonyl (C=O) groups excluding carboxylic acids is 1. The summed E-state index contributed by atoms with van der Waals surface area (Å²) in [5.74, 6) is 0.511. The van der Waals surface area contributed by atoms with Gasteiger partial charge >= 0.3 is 0 Å². The number of nitrogens with one attached hydrogen (secondary N) is 3. The SMILES string of the molecule is COc1cc(Nc2cc(F)ccc2C(=O)NCCc2c[nH]c3cc(Br)ccc23)cc(OC)c1OC. The van der Waals surface area contributed by atoms with Gasteiger partial charge in [0.25, 0.3) is 5.91 Å². The van der Waals surface area contributed by atoms with Crippen LogP contribution in [-0.2, 0) is 6.42 Å². The zero-order valence-corrected chi connectivity index (χ0v) is 21.1. The minimum Gasteiger partial charge on any atom is -0.493 e. The number of anilines is 2. The Bertz CT molecular complexity index is 1350. The number of aromatic amines is 1. The van der Waals surface area contributed by atoms with E-state index in [0.29, 0.717) is 47.2 Å². The smallest absolute Gasteiger partial charge is 0.253 e. The van der Waals surface area contributed by atoms with Crippen molar-refractivity contribution >= 4 is 44.1 Å². The number of ether oxygens (including phenoxy) is 3. The van der Waals surface area contributed by atoms with Gasteiger partial charge in [-0.3, -0.25) is 4.79 Å². The molecule has 4 aromatic rings. The zero-order chi connectivity index (χ0) is 24.9. The minimum absolute atomic E-state index is 0.308. The molecule has 0 radical (unpaired) electrons. The molecule has 182 valence electrons. The fourth-order valence-electron chi connectivity index (χ4n) is 3.90. The van der Waals surface area contributed by atoms with Crippen LogP contribution in [0.1, 0.15) is 15.9 Å². The van der Waals surface area contributed by atoms with E-state index < -0.39 is 5.82 Å². The first kappa shape index (κ1) is 24.4. The van der Waals surface area contributed by atoms with Gasteiger partial charge in [-0.15, -0.1) is 0 Å². The summed E-state index contributed by atoms with van der Waals surface area (Å²) in [6.45, 7) is 0.419. The molecule has 3 aromatic carbocycles. The number of aromatic nitrogens is 1. The van der Waals surface area contributed by atoms with Crippen LogP contribution >= 0.6 is 15.9 Å². The van der Waals surface area contributed by atoms with Gasteiger partial charge < -0.3 is 29.8 Å². The molecule has 1 heterocycles. The average molecular weight is 542 g/mol. The van der Waals surface area contributed by atoms with Crippen LogP contribution in [0.15, 0.2) is 59.2 Å². The summed E-state index contributed by atoms with van der Waals surface area (Å²) in [5, 5.41) is 7.14. The molecule has 35 heavy (non-hydrogen) atoms. The van der Waals surface area contributed by atoms with Gasteiger partial charge in [-0.1, -0.05) is 22.0 Å². The Morgan fingerprint density at radius 3 is 2.43 bits per heavy atom. The Labute approximate surface area is 210 Å². The van der Waals surface area contributed by atoms with Crippen LogP contribution in [-0.4, -0.2) is 38.8 Å². The number of hydrogen-bond donors (Lipinski definition) is 3. The number of H-pyrrole nitrogens is 1. The lowest BCUT2D eigenvalue weighted by Crippen LogP contribution is -2.26. The molecule has 0 saturated carbocycles. The van der Waals surface area contributed by atoms with Crippen LogP contribution in [0.5, 0.6) is 17.2 Å². The third kappa shape index (κ3) is 5.35. The predicted octanol–water partition coefficient (Wildman–Crippen LogP) is 5.81. The quantitative estimate of drug-likeness (QED) is 0.249. The average Bonchev–Trinajstić information content (AvgIpc) is 3.25. The van der Waals surface area contributed by atoms with E-state index in [1.165, 1.54) is 39.5 Å². The molecular formula is C26H25BrFN3O4. The number of rotatable bonds is 9. The van der Waals surface area contributed by atoms with Crippen molar-refractivity contribution in [3.8, 4) is 17.2 Å². The highest BCUT2D eigenvalue weighted by Gasteiger charge is 2.17. The number of amides is 1. The van der Waals surface area contributed by atoms with Crippen LogP contribution in [0.2, 0.25) is 0 Å². The first-order valence-electron chi connectivity index (χ1n) is 10.8. The Morgan fingerprint density at radius 1 is 1.00 bits per heavy atom. The number of halogens is 2. The van der Waals surface area contributed by atoms with Crippen LogP contribution < -0.4 is 24.8 Å². The zero-order valence-electron chi connectivity index (χ0n) is 19.5. The summed E-state index contributed by atoms with van der Waals surface area (Å²) in [4.78, 5) is 16.2. The van der Waals surface area contributed by atoms with Crippen molar-refractivity contribution in [3.05, 3.63) is 76.1 Å². The van der Waals surface area contributed by atoms with E-state index in [2.05, 4.69) is 31.5 Å². The highest BCUT2D eigenvalue weighted by molar-refractivity contribution is 9.10. The van der Waals surface area contributed by atoms with Crippen LogP contribution in [0.3, 0.4) is 0 Å². The van der Waals surface area contributed by atoms with Gasteiger partial charge in [0.05, 0.1) is 32.6 Å². The molecule has 0 bridgehead atoms. The molecule has 0 aliphatic carbocycles. The largest absolute Gasteiger partial charge is 0.493 e. The fourth-order valence-corrected chi connectivity index (χ4v) is 4.26. The van der Waals surface area contributed by atoms with Crippen LogP contribution in [0.4, 0.5) is 15.8 Å². The van der Waals surface area contributed by atoms with E-state index in [1.807, 2.05) is 24.4 Å². The van der Waals surface area contributed by atoms with Gasteiger partial charge in [0.1, 0.15) is 5.82 Å². The number of methoxy groups -OCH3 is 3. The van der Waals surface area contributed by atoms with E-state index >= 15 is 0 Å². The van der Waals surface area contributed by atoms with E-state index in [-0.39, 0.29) is 5.91 Å². The Morgan fingerprint density at radius 2 is 1.74 bits per heavy atom. The number of benzene rings is 3. The highest BCUT2D eigenvalue weighted by atomic mass is 79.9. The summed E-state index contributed by atoms with van der Waals surface area (Å²) in [6.07, 6.45) is 2.59. The monoisotopic (exact) mass is 541 g/mol. The predicted molar refractivity (Wildman–Crippen MR) is 138 cm³/mol. The molecular weight excluding hydrogens is 517 g/mol. The third-order valence-corrected chi connectivity index (χ3v) is 6.07. The molecule has 7 nitrogen and oxygen atoms in total. The maximum atomic E-state index is 14.1. The van der Waals surface area contributed by atoms with Gasteiger partial charge in [-0.2, -0.15) is 0 Å². The van der Waals surface area contributed by atoms with Gasteiger partial charge in [0, 0.05) is 45.9 Å². The second-order valence-electron chi connectivity index (χ2n) is 7.74. The van der Waals surface area contributed by atoms with Gasteiger partial charge in [-0.05, 0) is 42.3 Å². The van der Waals surface area contributed by atoms with Crippen LogP contribution in [0, 0.1) is 5.82 Å². The molecule has 1 amide bonds. The minimum atomic E-state index is -0.471. The summed E-state index contributed by atoms with van der Waals surface area (Å²) in [7, 11) is 4.53. The van der Waals surface area contributed by atoms with Crippen molar-refractivity contribution in [2.45, 2.75) is 6.42 Å². The lowest BCUT2D eigenvalue weighted by Gasteiger charge is -2.17. The third-order valence-electron chi connectivity index (χ3n) is 5.58. The fraction of sp³-hybridized carbons (Fsp3) is 0.192. The molecule has 0 atom stereocenters. The van der Waals surface area contributed by atoms with Crippen molar-refractivity contribution in [1.29, 1.82) is 0 Å². The summed E-state index contributed by atoms with van der Waals surface area (Å²) >= 11 is 3.47. The molecule has 0 unspecified atom stereocenters. The van der Waals surface area contributed by atoms with Crippen LogP contribution in [0.25, 0.3) is 10.9 Å². The summed E-state index contributed by atoms with van der Waals surface area (Å²) < 4.78 is 31.2.